The maximum Gasteiger partial charge on any atom is 0.0571 e. The molecule has 0 saturated carbocycles. The molecule has 0 aliphatic carbocycles. The van der Waals surface area contributed by atoms with Crippen LogP contribution >= 0.6 is 0 Å². The lowest BCUT2D eigenvalue weighted by molar-refractivity contribution is -0.254. The molecule has 1 saturated heterocycles. The molecule has 0 aromatic heterocycles. The number of nitrogens with zero attached hydrogens (tertiary/aromatic N) is 2. The Balaban J connectivity index is -0.0000000344. The van der Waals surface area contributed by atoms with Crippen LogP contribution in [-0.4, -0.2) is 42.9 Å². The highest BCUT2D eigenvalue weighted by Gasteiger charge is 2.21. The quantitative estimate of drug-likeness (QED) is 0.277. The van der Waals surface area contributed by atoms with Crippen molar-refractivity contribution in [1.82, 2.24) is 10.2 Å². The third-order valence-electron chi connectivity index (χ3n) is 3.31. The minimum absolute atomic E-state index is 0. The van der Waals surface area contributed by atoms with Gasteiger partial charge in [0, 0.05) is 24.0 Å². The summed E-state index contributed by atoms with van der Waals surface area (Å²) in [7, 11) is 2.07. The summed E-state index contributed by atoms with van der Waals surface area (Å²) in [5.74, 6) is 22.0. The van der Waals surface area contributed by atoms with Gasteiger partial charge in [-0.3, -0.25) is 0 Å². The predicted molar refractivity (Wildman–Crippen MR) is 129 cm³/mol. The van der Waals surface area contributed by atoms with Gasteiger partial charge in [-0.2, -0.15) is 10.8 Å². The average Bonchev–Trinajstić information content (AvgIpc) is 2.67. The molecular formula is C22H46N4O2. The molecule has 3 N–H and O–H groups in total. The van der Waals surface area contributed by atoms with Crippen molar-refractivity contribution in [2.24, 2.45) is 10.7 Å². The summed E-state index contributed by atoms with van der Waals surface area (Å²) < 4.78 is 0. The van der Waals surface area contributed by atoms with Gasteiger partial charge in [0.15, 0.2) is 0 Å². The van der Waals surface area contributed by atoms with Crippen LogP contribution in [0.1, 0.15) is 51.9 Å². The fraction of sp³-hybridized carbons (Fsp3) is 0.545. The molecule has 28 heavy (non-hydrogen) atoms. The smallest absolute Gasteiger partial charge is 0.0571 e. The van der Waals surface area contributed by atoms with E-state index < -0.39 is 0 Å². The Kier molecular flexibility index (Phi) is 18.4. The zero-order valence-electron chi connectivity index (χ0n) is 17.4. The summed E-state index contributed by atoms with van der Waals surface area (Å²) in [5, 5.41) is 12.4. The predicted octanol–water partition coefficient (Wildman–Crippen LogP) is 4.76. The summed E-state index contributed by atoms with van der Waals surface area (Å²) in [4.78, 5) is 5.42. The van der Waals surface area contributed by atoms with Gasteiger partial charge in [0.2, 0.25) is 0 Å². The first-order valence-electron chi connectivity index (χ1n) is 8.78. The van der Waals surface area contributed by atoms with E-state index in [0.29, 0.717) is 5.41 Å². The minimum Gasteiger partial charge on any atom is -0.317 e. The van der Waals surface area contributed by atoms with Crippen molar-refractivity contribution < 1.29 is 21.7 Å². The summed E-state index contributed by atoms with van der Waals surface area (Å²) >= 11 is 0. The minimum atomic E-state index is 0. The number of rotatable bonds is 3. The van der Waals surface area contributed by atoms with Crippen molar-refractivity contribution >= 4 is 0 Å². The maximum atomic E-state index is 7.02. The van der Waals surface area contributed by atoms with Crippen molar-refractivity contribution in [2.75, 3.05) is 26.7 Å². The van der Waals surface area contributed by atoms with E-state index in [1.165, 1.54) is 32.5 Å². The van der Waals surface area contributed by atoms with Crippen LogP contribution < -0.4 is 5.32 Å². The van der Waals surface area contributed by atoms with Crippen molar-refractivity contribution in [3.63, 3.8) is 0 Å². The third kappa shape index (κ3) is 21.1. The molecular weight excluding hydrogens is 352 g/mol. The standard InChI is InChI=1S/C11H24N2.C11H4.H2N2O2.8H2/c1-11(2,3)9-13-7-5-10(12-4)6-8-13;1-3-5-7-9-11-10-8-6-4-2;1-2-4-3;;;;;;;;/h10,12H,5-9H2,1-4H3;1H,2H3;1,3H;8*1H. The maximum absolute atomic E-state index is 7.02. The molecule has 0 atom stereocenters. The van der Waals surface area contributed by atoms with Crippen molar-refractivity contribution in [3.05, 3.63) is 0 Å². The van der Waals surface area contributed by atoms with E-state index in [1.807, 2.05) is 5.28 Å². The lowest BCUT2D eigenvalue weighted by Crippen LogP contribution is -2.44. The lowest BCUT2D eigenvalue weighted by atomic mass is 9.94. The van der Waals surface area contributed by atoms with E-state index in [-0.39, 0.29) is 11.4 Å². The molecule has 0 aromatic carbocycles. The van der Waals surface area contributed by atoms with Crippen molar-refractivity contribution in [2.45, 2.75) is 46.6 Å². The summed E-state index contributed by atoms with van der Waals surface area (Å²) in [6, 6.07) is 0.760. The molecule has 1 heterocycles. The highest BCUT2D eigenvalue weighted by atomic mass is 17.2. The SMILES string of the molecule is C#CC#CC#CC#CC#CC.CNC1CCN(CC(C)(C)C)CC1.N=NOO.[HH].[HH].[HH].[HH].[HH].[HH].[HH].[HH]. The van der Waals surface area contributed by atoms with Gasteiger partial charge in [-0.15, -0.1) is 6.42 Å². The Labute approximate surface area is 182 Å². The van der Waals surface area contributed by atoms with E-state index >= 15 is 0 Å². The normalized spacial score (nSPS) is 12.5. The van der Waals surface area contributed by atoms with Gasteiger partial charge in [0.1, 0.15) is 0 Å². The Bertz CT molecular complexity index is 736. The van der Waals surface area contributed by atoms with E-state index in [9.17, 15) is 0 Å². The molecule has 1 rings (SSSR count). The van der Waals surface area contributed by atoms with Crippen LogP contribution in [0.5, 0.6) is 0 Å². The van der Waals surface area contributed by atoms with Gasteiger partial charge in [0.25, 0.3) is 0 Å². The number of nitrogens with one attached hydrogen (secondary N) is 2. The molecule has 0 spiro atoms. The molecule has 1 fully saturated rings. The molecule has 0 bridgehead atoms. The van der Waals surface area contributed by atoms with Crippen LogP contribution in [0.4, 0.5) is 0 Å². The molecule has 1 aliphatic heterocycles. The second kappa shape index (κ2) is 18.9. The van der Waals surface area contributed by atoms with Gasteiger partial charge < -0.3 is 10.2 Å². The topological polar surface area (TPSA) is 80.9 Å². The molecule has 6 nitrogen and oxygen atoms in total. The van der Waals surface area contributed by atoms with E-state index in [1.54, 1.807) is 6.92 Å². The summed E-state index contributed by atoms with van der Waals surface area (Å²) in [6.45, 7) is 12.4. The van der Waals surface area contributed by atoms with Crippen LogP contribution in [0.2, 0.25) is 0 Å². The molecule has 166 valence electrons. The first-order chi connectivity index (χ1) is 13.3. The van der Waals surface area contributed by atoms with Crippen LogP contribution in [0.15, 0.2) is 5.28 Å². The number of likely N-dealkylation sites (tertiary alicyclic amines) is 1. The molecule has 6 heteroatoms. The zero-order valence-corrected chi connectivity index (χ0v) is 17.4. The van der Waals surface area contributed by atoms with Gasteiger partial charge >= 0.3 is 0 Å². The summed E-state index contributed by atoms with van der Waals surface area (Å²) in [6.07, 6.45) is 7.47. The number of terminal acetylenes is 1. The fourth-order valence-corrected chi connectivity index (χ4v) is 2.31. The van der Waals surface area contributed by atoms with Gasteiger partial charge in [0.05, 0.1) is 5.28 Å². The third-order valence-corrected chi connectivity index (χ3v) is 3.31. The van der Waals surface area contributed by atoms with Crippen LogP contribution in [0, 0.1) is 70.7 Å². The molecule has 1 aliphatic rings. The Hall–Kier alpha value is -2.92. The monoisotopic (exact) mass is 398 g/mol. The first kappa shape index (κ1) is 27.3. The van der Waals surface area contributed by atoms with Gasteiger partial charge in [-0.1, -0.05) is 26.7 Å². The molecule has 0 amide bonds. The largest absolute Gasteiger partial charge is 0.317 e. The highest BCUT2D eigenvalue weighted by molar-refractivity contribution is 5.41. The van der Waals surface area contributed by atoms with E-state index in [4.69, 9.17) is 17.2 Å². The zero-order chi connectivity index (χ0) is 21.7. The first-order valence-corrected chi connectivity index (χ1v) is 8.78. The average molecular weight is 399 g/mol. The van der Waals surface area contributed by atoms with Crippen LogP contribution in [0.25, 0.3) is 0 Å². The summed E-state index contributed by atoms with van der Waals surface area (Å²) in [5.41, 5.74) is 6.06. The van der Waals surface area contributed by atoms with Crippen molar-refractivity contribution in [1.29, 1.82) is 5.53 Å². The number of piperidine rings is 1. The Morgan fingerprint density at radius 2 is 1.61 bits per heavy atom. The second-order valence-electron chi connectivity index (χ2n) is 6.84. The van der Waals surface area contributed by atoms with Crippen LogP contribution in [0.3, 0.4) is 0 Å². The second-order valence-corrected chi connectivity index (χ2v) is 6.84. The van der Waals surface area contributed by atoms with Gasteiger partial charge in [-0.05, 0) is 92.7 Å². The highest BCUT2D eigenvalue weighted by Crippen LogP contribution is 2.18. The van der Waals surface area contributed by atoms with E-state index in [0.717, 1.165) is 6.04 Å². The number of hydrogen-bond donors (Lipinski definition) is 3. The molecule has 0 radical (unpaired) electrons. The Morgan fingerprint density at radius 1 is 1.14 bits per heavy atom. The lowest BCUT2D eigenvalue weighted by Gasteiger charge is -2.35. The van der Waals surface area contributed by atoms with Crippen molar-refractivity contribution in [3.8, 4) is 59.7 Å². The van der Waals surface area contributed by atoms with E-state index in [2.05, 4.69) is 96.3 Å². The molecule has 0 unspecified atom stereocenters. The fourth-order valence-electron chi connectivity index (χ4n) is 2.31. The number of hydrogen-bond acceptors (Lipinski definition) is 6. The van der Waals surface area contributed by atoms with Crippen LogP contribution in [-0.2, 0) is 4.99 Å². The van der Waals surface area contributed by atoms with Gasteiger partial charge in [-0.25, -0.2) is 4.99 Å². The molecule has 0 aromatic rings. The Morgan fingerprint density at radius 3 is 1.96 bits per heavy atom.